The molecule has 0 amide bonds. The second-order valence-corrected chi connectivity index (χ2v) is 2.90. The second-order valence-electron chi connectivity index (χ2n) is 2.90. The van der Waals surface area contributed by atoms with Crippen LogP contribution >= 0.6 is 0 Å². The summed E-state index contributed by atoms with van der Waals surface area (Å²) in [6.07, 6.45) is 0. The maximum Gasteiger partial charge on any atom is 0.0551 e. The molecule has 1 aromatic carbocycles. The van der Waals surface area contributed by atoms with Crippen molar-refractivity contribution in [3.63, 3.8) is 0 Å². The van der Waals surface area contributed by atoms with Crippen molar-refractivity contribution in [3.8, 4) is 0 Å². The third-order valence-corrected chi connectivity index (χ3v) is 2.04. The molecular weight excluding hydrogens is 150 g/mol. The monoisotopic (exact) mass is 165 g/mol. The second kappa shape index (κ2) is 3.45. The molecule has 1 unspecified atom stereocenters. The predicted molar refractivity (Wildman–Crippen MR) is 52.7 cm³/mol. The van der Waals surface area contributed by atoms with E-state index in [-0.39, 0.29) is 0 Å². The molecular formula is C9H15N3. The van der Waals surface area contributed by atoms with Gasteiger partial charge in [-0.25, -0.2) is 0 Å². The number of nitrogens with one attached hydrogen (secondary N) is 1. The molecule has 66 valence electrons. The van der Waals surface area contributed by atoms with Gasteiger partial charge in [-0.1, -0.05) is 6.07 Å². The summed E-state index contributed by atoms with van der Waals surface area (Å²) in [6, 6.07) is 6.02. The van der Waals surface area contributed by atoms with Crippen LogP contribution < -0.4 is 16.8 Å². The average molecular weight is 165 g/mol. The fraction of sp³-hybridized carbons (Fsp3) is 0.333. The summed E-state index contributed by atoms with van der Waals surface area (Å²) in [6.45, 7) is 2.07. The Morgan fingerprint density at radius 1 is 1.25 bits per heavy atom. The van der Waals surface area contributed by atoms with Crippen molar-refractivity contribution in [3.05, 3.63) is 23.8 Å². The largest absolute Gasteiger partial charge is 0.397 e. The van der Waals surface area contributed by atoms with Gasteiger partial charge in [0, 0.05) is 6.04 Å². The van der Waals surface area contributed by atoms with E-state index in [1.807, 2.05) is 25.2 Å². The Morgan fingerprint density at radius 3 is 2.42 bits per heavy atom. The van der Waals surface area contributed by atoms with Crippen LogP contribution in [-0.2, 0) is 0 Å². The number of hydrogen-bond donors (Lipinski definition) is 3. The number of nitrogens with two attached hydrogens (primary N) is 2. The molecule has 5 N–H and O–H groups in total. The Hall–Kier alpha value is -1.22. The van der Waals surface area contributed by atoms with E-state index in [1.165, 1.54) is 0 Å². The van der Waals surface area contributed by atoms with Crippen LogP contribution in [0, 0.1) is 0 Å². The molecule has 0 saturated carbocycles. The first-order valence-corrected chi connectivity index (χ1v) is 3.97. The Bertz CT molecular complexity index is 270. The van der Waals surface area contributed by atoms with Crippen molar-refractivity contribution in [2.75, 3.05) is 18.5 Å². The quantitative estimate of drug-likeness (QED) is 0.576. The van der Waals surface area contributed by atoms with Gasteiger partial charge in [0.1, 0.15) is 0 Å². The number of nitrogen functional groups attached to an aromatic ring is 2. The van der Waals surface area contributed by atoms with Crippen molar-refractivity contribution in [2.45, 2.75) is 13.0 Å². The summed E-state index contributed by atoms with van der Waals surface area (Å²) in [5.41, 5.74) is 13.7. The van der Waals surface area contributed by atoms with Crippen molar-refractivity contribution >= 4 is 11.4 Å². The van der Waals surface area contributed by atoms with Crippen LogP contribution in [-0.4, -0.2) is 7.05 Å². The summed E-state index contributed by atoms with van der Waals surface area (Å²) < 4.78 is 0. The number of rotatable bonds is 2. The molecule has 0 aromatic heterocycles. The minimum Gasteiger partial charge on any atom is -0.397 e. The molecule has 12 heavy (non-hydrogen) atoms. The molecule has 3 heteroatoms. The van der Waals surface area contributed by atoms with Crippen molar-refractivity contribution < 1.29 is 0 Å². The number of benzene rings is 1. The lowest BCUT2D eigenvalue weighted by Gasteiger charge is -2.11. The van der Waals surface area contributed by atoms with E-state index in [4.69, 9.17) is 11.5 Å². The first-order chi connectivity index (χ1) is 5.65. The van der Waals surface area contributed by atoms with E-state index in [0.717, 1.165) is 5.56 Å². The molecule has 0 saturated heterocycles. The molecule has 0 heterocycles. The fourth-order valence-electron chi connectivity index (χ4n) is 1.03. The van der Waals surface area contributed by atoms with Gasteiger partial charge in [0.2, 0.25) is 0 Å². The molecule has 0 bridgehead atoms. The molecule has 0 aliphatic heterocycles. The molecule has 0 fully saturated rings. The number of hydrogen-bond acceptors (Lipinski definition) is 3. The van der Waals surface area contributed by atoms with Crippen LogP contribution in [0.5, 0.6) is 0 Å². The minimum atomic E-state index is 0.313. The normalized spacial score (nSPS) is 12.8. The standard InChI is InChI=1S/C9H15N3/c1-6(12-2)7-3-4-8(10)9(11)5-7/h3-6,12H,10-11H2,1-2H3. The average Bonchev–Trinajstić information content (AvgIpc) is 2.08. The lowest BCUT2D eigenvalue weighted by Crippen LogP contribution is -2.12. The first kappa shape index (κ1) is 8.87. The third kappa shape index (κ3) is 1.68. The topological polar surface area (TPSA) is 64.1 Å². The first-order valence-electron chi connectivity index (χ1n) is 3.97. The lowest BCUT2D eigenvalue weighted by molar-refractivity contribution is 0.653. The van der Waals surface area contributed by atoms with Crippen molar-refractivity contribution in [1.29, 1.82) is 0 Å². The summed E-state index contributed by atoms with van der Waals surface area (Å²) in [5.74, 6) is 0. The van der Waals surface area contributed by atoms with Crippen LogP contribution in [0.15, 0.2) is 18.2 Å². The zero-order valence-electron chi connectivity index (χ0n) is 7.46. The summed E-state index contributed by atoms with van der Waals surface area (Å²) in [4.78, 5) is 0. The zero-order valence-corrected chi connectivity index (χ0v) is 7.46. The summed E-state index contributed by atoms with van der Waals surface area (Å²) in [7, 11) is 1.91. The van der Waals surface area contributed by atoms with Crippen LogP contribution in [0.2, 0.25) is 0 Å². The Balaban J connectivity index is 2.96. The van der Waals surface area contributed by atoms with E-state index in [0.29, 0.717) is 17.4 Å². The Labute approximate surface area is 72.8 Å². The molecule has 0 radical (unpaired) electrons. The third-order valence-electron chi connectivity index (χ3n) is 2.04. The lowest BCUT2D eigenvalue weighted by atomic mass is 10.1. The van der Waals surface area contributed by atoms with Crippen LogP contribution in [0.4, 0.5) is 11.4 Å². The molecule has 0 aliphatic carbocycles. The van der Waals surface area contributed by atoms with Gasteiger partial charge >= 0.3 is 0 Å². The van der Waals surface area contributed by atoms with Gasteiger partial charge in [0.25, 0.3) is 0 Å². The highest BCUT2D eigenvalue weighted by Gasteiger charge is 2.03. The smallest absolute Gasteiger partial charge is 0.0551 e. The van der Waals surface area contributed by atoms with Gasteiger partial charge in [-0.15, -0.1) is 0 Å². The molecule has 0 aliphatic rings. The summed E-state index contributed by atoms with van der Waals surface area (Å²) >= 11 is 0. The predicted octanol–water partition coefficient (Wildman–Crippen LogP) is 1.13. The van der Waals surface area contributed by atoms with E-state index < -0.39 is 0 Å². The van der Waals surface area contributed by atoms with Crippen molar-refractivity contribution in [1.82, 2.24) is 5.32 Å². The SMILES string of the molecule is CNC(C)c1ccc(N)c(N)c1. The van der Waals surface area contributed by atoms with Crippen LogP contribution in [0.25, 0.3) is 0 Å². The van der Waals surface area contributed by atoms with Crippen LogP contribution in [0.3, 0.4) is 0 Å². The maximum absolute atomic E-state index is 5.66. The molecule has 1 rings (SSSR count). The van der Waals surface area contributed by atoms with E-state index in [9.17, 15) is 0 Å². The summed E-state index contributed by atoms with van der Waals surface area (Å²) in [5, 5.41) is 3.13. The van der Waals surface area contributed by atoms with Gasteiger partial charge in [-0.2, -0.15) is 0 Å². The van der Waals surface area contributed by atoms with E-state index in [2.05, 4.69) is 12.2 Å². The van der Waals surface area contributed by atoms with E-state index >= 15 is 0 Å². The molecule has 0 spiro atoms. The van der Waals surface area contributed by atoms with Gasteiger partial charge in [-0.05, 0) is 31.7 Å². The van der Waals surface area contributed by atoms with Gasteiger partial charge < -0.3 is 16.8 Å². The van der Waals surface area contributed by atoms with Crippen LogP contribution in [0.1, 0.15) is 18.5 Å². The van der Waals surface area contributed by atoms with Gasteiger partial charge in [0.15, 0.2) is 0 Å². The minimum absolute atomic E-state index is 0.313. The Kier molecular flexibility index (Phi) is 2.55. The van der Waals surface area contributed by atoms with Gasteiger partial charge in [-0.3, -0.25) is 0 Å². The maximum atomic E-state index is 5.66. The highest BCUT2D eigenvalue weighted by molar-refractivity contribution is 5.64. The Morgan fingerprint density at radius 2 is 1.92 bits per heavy atom. The number of anilines is 2. The highest BCUT2D eigenvalue weighted by Crippen LogP contribution is 2.20. The molecule has 3 nitrogen and oxygen atoms in total. The molecule has 1 atom stereocenters. The van der Waals surface area contributed by atoms with Crippen molar-refractivity contribution in [2.24, 2.45) is 0 Å². The van der Waals surface area contributed by atoms with E-state index in [1.54, 1.807) is 0 Å². The van der Waals surface area contributed by atoms with Gasteiger partial charge in [0.05, 0.1) is 11.4 Å². The molecule has 1 aromatic rings. The zero-order chi connectivity index (χ0) is 9.14. The highest BCUT2D eigenvalue weighted by atomic mass is 14.9. The fourth-order valence-corrected chi connectivity index (χ4v) is 1.03.